The van der Waals surface area contributed by atoms with Crippen LogP contribution in [0.5, 0.6) is 0 Å². The van der Waals surface area contributed by atoms with Crippen molar-refractivity contribution in [1.29, 1.82) is 0 Å². The third-order valence-corrected chi connectivity index (χ3v) is 4.18. The number of hydrogen-bond acceptors (Lipinski definition) is 4. The maximum absolute atomic E-state index is 12.1. The van der Waals surface area contributed by atoms with Crippen LogP contribution in [0, 0.1) is 0 Å². The molecule has 0 bridgehead atoms. The molecule has 0 aliphatic carbocycles. The van der Waals surface area contributed by atoms with Gasteiger partial charge in [-0.1, -0.05) is 0 Å². The van der Waals surface area contributed by atoms with Crippen LogP contribution in [0.1, 0.15) is 48.3 Å². The molecule has 0 radical (unpaired) electrons. The molecule has 0 unspecified atom stereocenters. The lowest BCUT2D eigenvalue weighted by atomic mass is 10.0. The first-order valence-electron chi connectivity index (χ1n) is 7.36. The number of fused-ring (bicyclic) bond motifs is 1. The number of amides is 1. The maximum atomic E-state index is 12.1. The van der Waals surface area contributed by atoms with Gasteiger partial charge in [-0.15, -0.1) is 0 Å². The number of rotatable bonds is 3. The minimum absolute atomic E-state index is 0.0372. The number of aromatic nitrogens is 2. The summed E-state index contributed by atoms with van der Waals surface area (Å²) in [6.07, 6.45) is 2.38. The number of carboxylic acids is 1. The quantitative estimate of drug-likeness (QED) is 0.906. The van der Waals surface area contributed by atoms with Crippen molar-refractivity contribution in [1.82, 2.24) is 9.78 Å². The summed E-state index contributed by atoms with van der Waals surface area (Å²) in [5.41, 5.74) is 0.776. The molecule has 1 N–H and O–H groups in total. The molecule has 0 spiro atoms. The van der Waals surface area contributed by atoms with Crippen molar-refractivity contribution < 1.29 is 19.4 Å². The monoisotopic (exact) mass is 293 g/mol. The minimum atomic E-state index is -1.03. The lowest BCUT2D eigenvalue weighted by molar-refractivity contribution is -0.118. The van der Waals surface area contributed by atoms with Gasteiger partial charge in [0.2, 0.25) is 5.91 Å². The lowest BCUT2D eigenvalue weighted by Crippen LogP contribution is -2.37. The molecule has 7 nitrogen and oxygen atoms in total. The summed E-state index contributed by atoms with van der Waals surface area (Å²) in [5, 5.41) is 13.7. The highest BCUT2D eigenvalue weighted by atomic mass is 16.5. The first-order chi connectivity index (χ1) is 10.1. The fraction of sp³-hybridized carbons (Fsp3) is 0.643. The Balaban J connectivity index is 2.10. The molecule has 1 amide bonds. The van der Waals surface area contributed by atoms with Crippen LogP contribution < -0.4 is 4.90 Å². The van der Waals surface area contributed by atoms with E-state index in [4.69, 9.17) is 4.74 Å². The molecule has 3 heterocycles. The van der Waals surface area contributed by atoms with Crippen LogP contribution in [0.4, 0.5) is 5.82 Å². The molecule has 1 fully saturated rings. The fourth-order valence-corrected chi connectivity index (χ4v) is 3.14. The highest BCUT2D eigenvalue weighted by molar-refractivity contribution is 5.98. The van der Waals surface area contributed by atoms with E-state index in [0.717, 1.165) is 12.8 Å². The fourth-order valence-electron chi connectivity index (χ4n) is 3.14. The van der Waals surface area contributed by atoms with Crippen LogP contribution in [0.2, 0.25) is 0 Å². The van der Waals surface area contributed by atoms with Gasteiger partial charge in [-0.2, -0.15) is 5.10 Å². The molecule has 2 aliphatic rings. The summed E-state index contributed by atoms with van der Waals surface area (Å²) < 4.78 is 7.11. The normalized spacial score (nSPS) is 19.7. The highest BCUT2D eigenvalue weighted by Gasteiger charge is 2.35. The molecule has 1 aromatic rings. The lowest BCUT2D eigenvalue weighted by Gasteiger charge is -2.31. The Kier molecular flexibility index (Phi) is 3.67. The van der Waals surface area contributed by atoms with Gasteiger partial charge < -0.3 is 9.84 Å². The van der Waals surface area contributed by atoms with Gasteiger partial charge in [-0.25, -0.2) is 9.48 Å². The smallest absolute Gasteiger partial charge is 0.356 e. The van der Waals surface area contributed by atoms with Crippen LogP contribution in [-0.2, 0) is 16.0 Å². The van der Waals surface area contributed by atoms with E-state index in [1.807, 2.05) is 6.92 Å². The van der Waals surface area contributed by atoms with E-state index in [-0.39, 0.29) is 17.6 Å². The Bertz CT molecular complexity index is 575. The number of hydrogen-bond donors (Lipinski definition) is 1. The standard InChI is InChI=1S/C14H19N3O4/c1-2-16-11(18)4-3-10-12(14(19)20)15-17(13(10)16)9-5-7-21-8-6-9/h9H,2-8H2,1H3,(H,19,20). The molecule has 1 saturated heterocycles. The molecule has 7 heteroatoms. The molecule has 0 atom stereocenters. The Morgan fingerprint density at radius 2 is 2.10 bits per heavy atom. The summed E-state index contributed by atoms with van der Waals surface area (Å²) in [6.45, 7) is 3.71. The zero-order valence-corrected chi connectivity index (χ0v) is 12.0. The molecule has 2 aliphatic heterocycles. The Morgan fingerprint density at radius 1 is 1.38 bits per heavy atom. The predicted octanol–water partition coefficient (Wildman–Crippen LogP) is 1.23. The van der Waals surface area contributed by atoms with Crippen molar-refractivity contribution in [3.8, 4) is 0 Å². The van der Waals surface area contributed by atoms with Crippen molar-refractivity contribution in [2.45, 2.75) is 38.6 Å². The number of nitrogens with zero attached hydrogens (tertiary/aromatic N) is 3. The van der Waals surface area contributed by atoms with Crippen LogP contribution in [0.25, 0.3) is 0 Å². The van der Waals surface area contributed by atoms with Crippen molar-refractivity contribution in [2.24, 2.45) is 0 Å². The van der Waals surface area contributed by atoms with Crippen LogP contribution in [0.3, 0.4) is 0 Å². The number of ether oxygens (including phenoxy) is 1. The van der Waals surface area contributed by atoms with Gasteiger partial charge in [-0.3, -0.25) is 9.69 Å². The molecule has 1 aromatic heterocycles. The summed E-state index contributed by atoms with van der Waals surface area (Å²) in [7, 11) is 0. The third-order valence-electron chi connectivity index (χ3n) is 4.18. The van der Waals surface area contributed by atoms with E-state index in [1.54, 1.807) is 9.58 Å². The number of carboxylic acid groups (broad SMARTS) is 1. The number of carbonyl (C=O) groups is 2. The van der Waals surface area contributed by atoms with Gasteiger partial charge in [0.05, 0.1) is 6.04 Å². The van der Waals surface area contributed by atoms with Gasteiger partial charge in [0, 0.05) is 31.7 Å². The summed E-state index contributed by atoms with van der Waals surface area (Å²) >= 11 is 0. The first kappa shape index (κ1) is 14.1. The van der Waals surface area contributed by atoms with Gasteiger partial charge in [0.15, 0.2) is 5.69 Å². The topological polar surface area (TPSA) is 84.7 Å². The molecule has 0 saturated carbocycles. The number of carbonyl (C=O) groups excluding carboxylic acids is 1. The molecular weight excluding hydrogens is 274 g/mol. The number of anilines is 1. The van der Waals surface area contributed by atoms with Crippen molar-refractivity contribution in [3.63, 3.8) is 0 Å². The van der Waals surface area contributed by atoms with E-state index >= 15 is 0 Å². The SMILES string of the molecule is CCN1C(=O)CCc2c(C(=O)O)nn(C3CCOCC3)c21. The van der Waals surface area contributed by atoms with E-state index in [2.05, 4.69) is 5.10 Å². The molecule has 0 aromatic carbocycles. The zero-order valence-electron chi connectivity index (χ0n) is 12.0. The number of aromatic carboxylic acids is 1. The van der Waals surface area contributed by atoms with E-state index in [1.165, 1.54) is 0 Å². The van der Waals surface area contributed by atoms with Crippen molar-refractivity contribution >= 4 is 17.7 Å². The third kappa shape index (κ3) is 2.31. The van der Waals surface area contributed by atoms with Crippen molar-refractivity contribution in [3.05, 3.63) is 11.3 Å². The van der Waals surface area contributed by atoms with E-state index < -0.39 is 5.97 Å². The van der Waals surface area contributed by atoms with Gasteiger partial charge in [-0.05, 0) is 26.2 Å². The second kappa shape index (κ2) is 5.48. The van der Waals surface area contributed by atoms with E-state index in [0.29, 0.717) is 44.0 Å². The Hall–Kier alpha value is -1.89. The highest BCUT2D eigenvalue weighted by Crippen LogP contribution is 2.35. The van der Waals surface area contributed by atoms with Gasteiger partial charge >= 0.3 is 5.97 Å². The minimum Gasteiger partial charge on any atom is -0.476 e. The van der Waals surface area contributed by atoms with Gasteiger partial charge in [0.25, 0.3) is 0 Å². The summed E-state index contributed by atoms with van der Waals surface area (Å²) in [6, 6.07) is 0.0977. The second-order valence-electron chi connectivity index (χ2n) is 5.38. The largest absolute Gasteiger partial charge is 0.476 e. The Morgan fingerprint density at radius 3 is 2.71 bits per heavy atom. The van der Waals surface area contributed by atoms with Gasteiger partial charge in [0.1, 0.15) is 5.82 Å². The Labute approximate surface area is 122 Å². The average Bonchev–Trinajstić information content (AvgIpc) is 2.88. The predicted molar refractivity (Wildman–Crippen MR) is 74.6 cm³/mol. The van der Waals surface area contributed by atoms with Crippen LogP contribution in [-0.4, -0.2) is 46.5 Å². The first-order valence-corrected chi connectivity index (χ1v) is 7.36. The summed E-state index contributed by atoms with van der Waals surface area (Å²) in [5.74, 6) is -0.310. The molecular formula is C14H19N3O4. The van der Waals surface area contributed by atoms with E-state index in [9.17, 15) is 14.7 Å². The average molecular weight is 293 g/mol. The van der Waals surface area contributed by atoms with Crippen LogP contribution >= 0.6 is 0 Å². The molecule has 114 valence electrons. The summed E-state index contributed by atoms with van der Waals surface area (Å²) in [4.78, 5) is 25.2. The molecule has 21 heavy (non-hydrogen) atoms. The van der Waals surface area contributed by atoms with Crippen LogP contribution in [0.15, 0.2) is 0 Å². The van der Waals surface area contributed by atoms with Crippen molar-refractivity contribution in [2.75, 3.05) is 24.7 Å². The molecule has 3 rings (SSSR count). The zero-order chi connectivity index (χ0) is 15.0. The maximum Gasteiger partial charge on any atom is 0.356 e. The second-order valence-corrected chi connectivity index (χ2v) is 5.38.